The molecule has 84 valence electrons. The topological polar surface area (TPSA) is 50.4 Å². The number of hydrogen-bond acceptors (Lipinski definition) is 2. The Labute approximate surface area is 89.3 Å². The minimum absolute atomic E-state index is 0.178. The summed E-state index contributed by atoms with van der Waals surface area (Å²) in [4.78, 5) is 10.8. The largest absolute Gasteiger partial charge is 0.475 e. The van der Waals surface area contributed by atoms with Gasteiger partial charge in [0.25, 0.3) is 0 Å². The highest BCUT2D eigenvalue weighted by Crippen LogP contribution is 2.29. The quantitative estimate of drug-likeness (QED) is 0.856. The summed E-state index contributed by atoms with van der Waals surface area (Å²) >= 11 is 0. The fourth-order valence-corrected chi connectivity index (χ4v) is 1.70. The Kier molecular flexibility index (Phi) is 2.38. The third-order valence-corrected chi connectivity index (χ3v) is 2.36. The first-order chi connectivity index (χ1) is 7.54. The van der Waals surface area contributed by atoms with Gasteiger partial charge in [-0.25, -0.2) is 13.6 Å². The molecule has 16 heavy (non-hydrogen) atoms. The van der Waals surface area contributed by atoms with Crippen molar-refractivity contribution in [1.82, 2.24) is 0 Å². The second-order valence-electron chi connectivity index (χ2n) is 3.33. The summed E-state index contributed by atoms with van der Waals surface area (Å²) in [6.07, 6.45) is 0.331. The molecule has 0 radical (unpaired) electrons. The number of carboxylic acid groups (broad SMARTS) is 1. The summed E-state index contributed by atoms with van der Waals surface area (Å²) in [7, 11) is 0. The molecular formula is C11H8F2O3. The van der Waals surface area contributed by atoms with E-state index in [2.05, 4.69) is 0 Å². The molecule has 0 atom stereocenters. The summed E-state index contributed by atoms with van der Waals surface area (Å²) in [5, 5.41) is 9.03. The second-order valence-corrected chi connectivity index (χ2v) is 3.33. The van der Waals surface area contributed by atoms with Crippen LogP contribution in [-0.4, -0.2) is 11.1 Å². The molecule has 0 aliphatic heterocycles. The summed E-state index contributed by atoms with van der Waals surface area (Å²) in [6, 6.07) is 1.74. The molecule has 0 unspecified atom stereocenters. The summed E-state index contributed by atoms with van der Waals surface area (Å²) in [5.74, 6) is -3.26. The maximum absolute atomic E-state index is 13.3. The molecule has 0 bridgehead atoms. The van der Waals surface area contributed by atoms with Crippen LogP contribution in [0.1, 0.15) is 23.0 Å². The third kappa shape index (κ3) is 1.44. The predicted molar refractivity (Wildman–Crippen MR) is 52.5 cm³/mol. The SMILES string of the molecule is CCc1c(C(=O)O)oc2c(F)cc(F)cc12. The van der Waals surface area contributed by atoms with Crippen LogP contribution in [0.4, 0.5) is 8.78 Å². The number of fused-ring (bicyclic) bond motifs is 1. The van der Waals surface area contributed by atoms with E-state index in [0.29, 0.717) is 18.1 Å². The number of aromatic carboxylic acids is 1. The molecule has 1 aromatic carbocycles. The lowest BCUT2D eigenvalue weighted by Crippen LogP contribution is -1.97. The van der Waals surface area contributed by atoms with Gasteiger partial charge in [0.1, 0.15) is 5.82 Å². The smallest absolute Gasteiger partial charge is 0.372 e. The third-order valence-electron chi connectivity index (χ3n) is 2.36. The number of hydrogen-bond donors (Lipinski definition) is 1. The molecule has 1 aromatic heterocycles. The zero-order chi connectivity index (χ0) is 11.9. The highest BCUT2D eigenvalue weighted by Gasteiger charge is 2.21. The Balaban J connectivity index is 2.87. The number of carbonyl (C=O) groups is 1. The maximum Gasteiger partial charge on any atom is 0.372 e. The molecule has 0 aliphatic rings. The average molecular weight is 226 g/mol. The molecule has 1 N–H and O–H groups in total. The van der Waals surface area contributed by atoms with Crippen molar-refractivity contribution in [1.29, 1.82) is 0 Å². The molecule has 0 spiro atoms. The van der Waals surface area contributed by atoms with Gasteiger partial charge in [0.15, 0.2) is 11.4 Å². The van der Waals surface area contributed by atoms with Gasteiger partial charge < -0.3 is 9.52 Å². The number of halogens is 2. The van der Waals surface area contributed by atoms with Crippen LogP contribution in [-0.2, 0) is 6.42 Å². The molecule has 0 fully saturated rings. The molecule has 0 amide bonds. The fraction of sp³-hybridized carbons (Fsp3) is 0.182. The molecule has 5 heteroatoms. The number of furan rings is 1. The van der Waals surface area contributed by atoms with E-state index in [4.69, 9.17) is 9.52 Å². The Bertz CT molecular complexity index is 572. The standard InChI is InChI=1S/C11H8F2O3/c1-2-6-7-3-5(12)4-8(13)9(7)16-10(6)11(14)15/h3-4H,2H2,1H3,(H,14,15). The monoisotopic (exact) mass is 226 g/mol. The first kappa shape index (κ1) is 10.6. The van der Waals surface area contributed by atoms with E-state index in [-0.39, 0.29) is 16.7 Å². The first-order valence-electron chi connectivity index (χ1n) is 4.68. The molecule has 0 saturated heterocycles. The predicted octanol–water partition coefficient (Wildman–Crippen LogP) is 2.97. The lowest BCUT2D eigenvalue weighted by Gasteiger charge is -1.94. The summed E-state index contributed by atoms with van der Waals surface area (Å²) in [6.45, 7) is 1.69. The van der Waals surface area contributed by atoms with Crippen molar-refractivity contribution in [2.45, 2.75) is 13.3 Å². The van der Waals surface area contributed by atoms with Gasteiger partial charge in [0.05, 0.1) is 0 Å². The van der Waals surface area contributed by atoms with Gasteiger partial charge in [0.2, 0.25) is 5.76 Å². The molecule has 3 nitrogen and oxygen atoms in total. The Morgan fingerprint density at radius 2 is 2.12 bits per heavy atom. The zero-order valence-corrected chi connectivity index (χ0v) is 8.38. The lowest BCUT2D eigenvalue weighted by atomic mass is 10.1. The second kappa shape index (κ2) is 3.59. The van der Waals surface area contributed by atoms with Gasteiger partial charge in [0, 0.05) is 17.0 Å². The number of benzene rings is 1. The fourth-order valence-electron chi connectivity index (χ4n) is 1.70. The summed E-state index contributed by atoms with van der Waals surface area (Å²) < 4.78 is 31.2. The van der Waals surface area contributed by atoms with Gasteiger partial charge in [-0.3, -0.25) is 0 Å². The van der Waals surface area contributed by atoms with Crippen LogP contribution >= 0.6 is 0 Å². The van der Waals surface area contributed by atoms with Gasteiger partial charge in [-0.2, -0.15) is 0 Å². The zero-order valence-electron chi connectivity index (χ0n) is 8.38. The molecule has 2 aromatic rings. The van der Waals surface area contributed by atoms with Crippen LogP contribution in [0, 0.1) is 11.6 Å². The van der Waals surface area contributed by atoms with Crippen LogP contribution in [0.3, 0.4) is 0 Å². The van der Waals surface area contributed by atoms with Crippen molar-refractivity contribution in [2.24, 2.45) is 0 Å². The minimum Gasteiger partial charge on any atom is -0.475 e. The van der Waals surface area contributed by atoms with E-state index in [1.165, 1.54) is 0 Å². The van der Waals surface area contributed by atoms with Crippen LogP contribution in [0.2, 0.25) is 0 Å². The molecule has 0 saturated carbocycles. The van der Waals surface area contributed by atoms with Gasteiger partial charge in [-0.05, 0) is 12.5 Å². The van der Waals surface area contributed by atoms with E-state index in [1.54, 1.807) is 6.92 Å². The molecular weight excluding hydrogens is 218 g/mol. The highest BCUT2D eigenvalue weighted by atomic mass is 19.1. The number of carboxylic acids is 1. The van der Waals surface area contributed by atoms with Crippen molar-refractivity contribution in [2.75, 3.05) is 0 Å². The molecule has 0 aliphatic carbocycles. The first-order valence-corrected chi connectivity index (χ1v) is 4.68. The summed E-state index contributed by atoms with van der Waals surface area (Å²) in [5.41, 5.74) is 0.0940. The average Bonchev–Trinajstić information content (AvgIpc) is 2.56. The Morgan fingerprint density at radius 3 is 2.69 bits per heavy atom. The van der Waals surface area contributed by atoms with Crippen molar-refractivity contribution < 1.29 is 23.1 Å². The highest BCUT2D eigenvalue weighted by molar-refractivity contribution is 5.95. The Hall–Kier alpha value is -1.91. The van der Waals surface area contributed by atoms with Gasteiger partial charge in [-0.15, -0.1) is 0 Å². The van der Waals surface area contributed by atoms with Gasteiger partial charge in [-0.1, -0.05) is 6.92 Å². The van der Waals surface area contributed by atoms with Crippen LogP contribution in [0.5, 0.6) is 0 Å². The number of aryl methyl sites for hydroxylation is 1. The maximum atomic E-state index is 13.3. The molecule has 2 rings (SSSR count). The van der Waals surface area contributed by atoms with Crippen LogP contribution < -0.4 is 0 Å². The minimum atomic E-state index is -1.28. The lowest BCUT2D eigenvalue weighted by molar-refractivity contribution is 0.0663. The van der Waals surface area contributed by atoms with Gasteiger partial charge >= 0.3 is 5.97 Å². The molecule has 1 heterocycles. The normalized spacial score (nSPS) is 10.9. The van der Waals surface area contributed by atoms with Crippen LogP contribution in [0.25, 0.3) is 11.0 Å². The van der Waals surface area contributed by atoms with E-state index in [9.17, 15) is 13.6 Å². The Morgan fingerprint density at radius 1 is 1.44 bits per heavy atom. The van der Waals surface area contributed by atoms with E-state index in [1.807, 2.05) is 0 Å². The van der Waals surface area contributed by atoms with E-state index < -0.39 is 17.6 Å². The van der Waals surface area contributed by atoms with Crippen molar-refractivity contribution in [3.63, 3.8) is 0 Å². The van der Waals surface area contributed by atoms with Crippen molar-refractivity contribution >= 4 is 16.9 Å². The number of rotatable bonds is 2. The van der Waals surface area contributed by atoms with Crippen LogP contribution in [0.15, 0.2) is 16.5 Å². The van der Waals surface area contributed by atoms with E-state index >= 15 is 0 Å². The van der Waals surface area contributed by atoms with E-state index in [0.717, 1.165) is 6.07 Å². The van der Waals surface area contributed by atoms with Crippen molar-refractivity contribution in [3.8, 4) is 0 Å². The van der Waals surface area contributed by atoms with Crippen molar-refractivity contribution in [3.05, 3.63) is 35.1 Å².